The minimum atomic E-state index is -2.25. The maximum atomic E-state index is 12.8. The van der Waals surface area contributed by atoms with Crippen LogP contribution >= 0.6 is 0 Å². The first-order valence-electron chi connectivity index (χ1n) is 23.0. The number of rotatable bonds is 17. The highest BCUT2D eigenvalue weighted by Crippen LogP contribution is 2.37. The predicted octanol–water partition coefficient (Wildman–Crippen LogP) is -12.8. The van der Waals surface area contributed by atoms with Crippen LogP contribution in [-0.2, 0) is 61.7 Å². The molecule has 72 heavy (non-hydrogen) atoms. The number of hydrogen-bond acceptors (Lipinski definition) is 30. The van der Waals surface area contributed by atoms with E-state index < -0.39 is 229 Å². The van der Waals surface area contributed by atoms with Gasteiger partial charge in [0, 0.05) is 13.8 Å². The Balaban J connectivity index is 1.29. The number of nitrogens with one attached hydrogen (secondary N) is 2. The van der Waals surface area contributed by atoms with Crippen molar-refractivity contribution >= 4 is 11.8 Å². The van der Waals surface area contributed by atoms with Crippen molar-refractivity contribution in [3.05, 3.63) is 0 Å². The number of aliphatic hydroxyl groups excluding tert-OH is 17. The molecule has 32 heteroatoms. The van der Waals surface area contributed by atoms with Crippen molar-refractivity contribution < 1.29 is 149 Å². The Hall–Kier alpha value is -2.18. The van der Waals surface area contributed by atoms with Crippen LogP contribution in [0.3, 0.4) is 0 Å². The van der Waals surface area contributed by atoms with Gasteiger partial charge >= 0.3 is 0 Å². The third-order valence-corrected chi connectivity index (χ3v) is 13.2. The van der Waals surface area contributed by atoms with Gasteiger partial charge in [0.15, 0.2) is 37.7 Å². The molecule has 19 N–H and O–H groups in total. The number of aliphatic hydroxyl groups is 17. The summed E-state index contributed by atoms with van der Waals surface area (Å²) < 4.78 is 63.1. The zero-order valence-electron chi connectivity index (χ0n) is 38.8. The minimum Gasteiger partial charge on any atom is -0.394 e. The third kappa shape index (κ3) is 12.6. The van der Waals surface area contributed by atoms with Gasteiger partial charge < -0.3 is 150 Å². The summed E-state index contributed by atoms with van der Waals surface area (Å²) in [6.07, 6.45) is -52.1. The van der Waals surface area contributed by atoms with E-state index >= 15 is 0 Å². The first-order chi connectivity index (χ1) is 34.0. The van der Waals surface area contributed by atoms with Gasteiger partial charge in [0.2, 0.25) is 11.8 Å². The highest BCUT2D eigenvalue weighted by molar-refractivity contribution is 5.73. The fourth-order valence-corrected chi connectivity index (χ4v) is 9.22. The predicted molar refractivity (Wildman–Crippen MR) is 221 cm³/mol. The van der Waals surface area contributed by atoms with Gasteiger partial charge in [-0.15, -0.1) is 0 Å². The molecule has 0 aromatic carbocycles. The van der Waals surface area contributed by atoms with Crippen LogP contribution in [0.4, 0.5) is 0 Å². The smallest absolute Gasteiger partial charge is 0.217 e. The standard InChI is InChI=1S/C40H68N2O30/c1-9-19(49)24(54)28(58)39(63-9)72-32-18(42-11(3)48)35(60)65-15(7-46)31(32)71-37-17(41-10(2)47)23(53)30(14(6-45)67-37)70-40-29(59)33(69-34-26(56)21(51)12(4-43)64-36(34)61)22(52)16(68-40)8-62-38-27(57)25(55)20(50)13(5-44)66-38/h9,12-40,43-46,49-61H,4-8H2,1-3H3,(H,41,47)(H,42,48)/t9-,12+,13+,14+,15+,16+,17+,18+,19+,20+,21+,22+,23+,24+,25-,26-,27-,28-,29-,30+,31+,32+,33-,34-,35+,36-,37-,38-,39-,40-/m0/s1. The lowest BCUT2D eigenvalue weighted by atomic mass is 9.93. The summed E-state index contributed by atoms with van der Waals surface area (Å²) in [6, 6.07) is -3.43. The van der Waals surface area contributed by atoms with Crippen LogP contribution in [0.25, 0.3) is 0 Å². The molecule has 6 heterocycles. The van der Waals surface area contributed by atoms with E-state index in [9.17, 15) is 96.4 Å². The lowest BCUT2D eigenvalue weighted by Gasteiger charge is -2.51. The fraction of sp³-hybridized carbons (Fsp3) is 0.950. The number of hydrogen-bond donors (Lipinski definition) is 19. The molecule has 0 saturated carbocycles. The second-order valence-electron chi connectivity index (χ2n) is 18.2. The first-order valence-corrected chi connectivity index (χ1v) is 23.0. The maximum absolute atomic E-state index is 12.8. The average Bonchev–Trinajstić information content (AvgIpc) is 3.34. The Kier molecular flexibility index (Phi) is 20.8. The van der Waals surface area contributed by atoms with Gasteiger partial charge in [-0.2, -0.15) is 0 Å². The summed E-state index contributed by atoms with van der Waals surface area (Å²) in [5.74, 6) is -1.63. The number of carbonyl (C=O) groups is 2. The summed E-state index contributed by atoms with van der Waals surface area (Å²) in [6.45, 7) is -1.27. The van der Waals surface area contributed by atoms with Gasteiger partial charge in [-0.25, -0.2) is 0 Å². The molecule has 2 amide bonds. The van der Waals surface area contributed by atoms with E-state index in [4.69, 9.17) is 52.1 Å². The normalized spacial score (nSPS) is 50.3. The third-order valence-electron chi connectivity index (χ3n) is 13.2. The van der Waals surface area contributed by atoms with Crippen LogP contribution < -0.4 is 10.6 Å². The van der Waals surface area contributed by atoms with Crippen molar-refractivity contribution in [2.24, 2.45) is 0 Å². The van der Waals surface area contributed by atoms with Crippen molar-refractivity contribution in [3.63, 3.8) is 0 Å². The van der Waals surface area contributed by atoms with Gasteiger partial charge in [0.25, 0.3) is 0 Å². The quantitative estimate of drug-likeness (QED) is 0.0643. The molecule has 0 radical (unpaired) electrons. The van der Waals surface area contributed by atoms with Gasteiger partial charge in [-0.1, -0.05) is 0 Å². The number of ether oxygens (including phenoxy) is 11. The molecule has 6 rings (SSSR count). The molecule has 6 aliphatic heterocycles. The molecule has 30 atom stereocenters. The molecule has 0 aliphatic carbocycles. The number of amides is 2. The summed E-state index contributed by atoms with van der Waals surface area (Å²) in [7, 11) is 0. The fourth-order valence-electron chi connectivity index (χ4n) is 9.22. The molecule has 0 bridgehead atoms. The van der Waals surface area contributed by atoms with Gasteiger partial charge in [-0.3, -0.25) is 9.59 Å². The minimum absolute atomic E-state index is 0.769. The molecule has 418 valence electrons. The molecule has 6 saturated heterocycles. The Morgan fingerprint density at radius 1 is 0.389 bits per heavy atom. The molecule has 6 aliphatic rings. The van der Waals surface area contributed by atoms with Crippen molar-refractivity contribution in [2.45, 2.75) is 205 Å². The van der Waals surface area contributed by atoms with Gasteiger partial charge in [0.1, 0.15) is 140 Å². The molecule has 0 spiro atoms. The van der Waals surface area contributed by atoms with Crippen LogP contribution in [0.1, 0.15) is 20.8 Å². The van der Waals surface area contributed by atoms with E-state index in [1.54, 1.807) is 0 Å². The zero-order chi connectivity index (χ0) is 53.2. The van der Waals surface area contributed by atoms with E-state index in [1.807, 2.05) is 0 Å². The van der Waals surface area contributed by atoms with Crippen LogP contribution in [0.2, 0.25) is 0 Å². The van der Waals surface area contributed by atoms with Crippen molar-refractivity contribution in [1.82, 2.24) is 10.6 Å². The lowest BCUT2D eigenvalue weighted by Crippen LogP contribution is -2.71. The first kappa shape index (κ1) is 59.1. The van der Waals surface area contributed by atoms with Crippen LogP contribution in [0.5, 0.6) is 0 Å². The van der Waals surface area contributed by atoms with E-state index in [0.29, 0.717) is 0 Å². The van der Waals surface area contributed by atoms with Crippen molar-refractivity contribution in [1.29, 1.82) is 0 Å². The Labute approximate surface area is 408 Å². The highest BCUT2D eigenvalue weighted by atomic mass is 16.8. The van der Waals surface area contributed by atoms with E-state index in [-0.39, 0.29) is 0 Å². The molecule has 0 aromatic heterocycles. The van der Waals surface area contributed by atoms with E-state index in [1.165, 1.54) is 6.92 Å². The zero-order valence-corrected chi connectivity index (χ0v) is 38.8. The lowest BCUT2D eigenvalue weighted by molar-refractivity contribution is -0.382. The molecule has 6 fully saturated rings. The second-order valence-corrected chi connectivity index (χ2v) is 18.2. The Morgan fingerprint density at radius 3 is 1.47 bits per heavy atom. The monoisotopic (exact) mass is 1060 g/mol. The summed E-state index contributed by atoms with van der Waals surface area (Å²) >= 11 is 0. The van der Waals surface area contributed by atoms with Crippen LogP contribution in [0, 0.1) is 0 Å². The summed E-state index contributed by atoms with van der Waals surface area (Å²) in [4.78, 5) is 25.2. The molecule has 0 aromatic rings. The van der Waals surface area contributed by atoms with E-state index in [2.05, 4.69) is 10.6 Å². The molecular formula is C40H68N2O30. The number of carbonyl (C=O) groups excluding carboxylic acids is 2. The Morgan fingerprint density at radius 2 is 0.861 bits per heavy atom. The summed E-state index contributed by atoms with van der Waals surface area (Å²) in [5.41, 5.74) is 0. The van der Waals surface area contributed by atoms with Crippen molar-refractivity contribution in [2.75, 3.05) is 33.0 Å². The van der Waals surface area contributed by atoms with Gasteiger partial charge in [0.05, 0.1) is 39.1 Å². The van der Waals surface area contributed by atoms with Crippen molar-refractivity contribution in [3.8, 4) is 0 Å². The SMILES string of the molecule is CC(=O)N[C@@H]1[C@@H](O[C@@H]2O[C@@H](C)[C@@H](O)[C@@H](O)[C@@H]2O)[C@H](O[C@@H]2O[C@H](CO)[C@@H](O[C@@H]3O[C@H](CO[C@H]4O[C@H](CO)[C@@H](O)[C@H](O)[C@@H]4O)[C@@H](O)[C@H](O[C@H]4[C@@H](O)[C@H](O)[C@@H](CO)O[C@@H]4O)[C@@H]3O)[C@H](O)[C@H]2NC(C)=O)[C@@H](CO)O[C@H]1O. The largest absolute Gasteiger partial charge is 0.394 e. The van der Waals surface area contributed by atoms with Crippen LogP contribution in [0.15, 0.2) is 0 Å². The highest BCUT2D eigenvalue weighted by Gasteiger charge is 2.58. The summed E-state index contributed by atoms with van der Waals surface area (Å²) in [5, 5.41) is 187. The van der Waals surface area contributed by atoms with E-state index in [0.717, 1.165) is 13.8 Å². The Bertz CT molecular complexity index is 1730. The molecule has 32 nitrogen and oxygen atoms in total. The van der Waals surface area contributed by atoms with Gasteiger partial charge in [-0.05, 0) is 6.92 Å². The topological polar surface area (TPSA) is 504 Å². The molecule has 0 unspecified atom stereocenters. The average molecular weight is 1060 g/mol. The second kappa shape index (κ2) is 25.3. The molecular weight excluding hydrogens is 988 g/mol. The van der Waals surface area contributed by atoms with Crippen LogP contribution in [-0.4, -0.2) is 316 Å². The maximum Gasteiger partial charge on any atom is 0.217 e.